The van der Waals surface area contributed by atoms with Gasteiger partial charge in [-0.3, -0.25) is 0 Å². The van der Waals surface area contributed by atoms with Gasteiger partial charge in [0, 0.05) is 17.7 Å². The molecule has 0 aliphatic heterocycles. The third kappa shape index (κ3) is 3.51. The largest absolute Gasteiger partial charge is 0.508 e. The monoisotopic (exact) mass is 211 g/mol. The summed E-state index contributed by atoms with van der Waals surface area (Å²) in [7, 11) is 0. The zero-order chi connectivity index (χ0) is 11.4. The van der Waals surface area contributed by atoms with E-state index in [1.807, 2.05) is 6.92 Å². The zero-order valence-corrected chi connectivity index (χ0v) is 9.42. The van der Waals surface area contributed by atoms with Crippen molar-refractivity contribution in [1.29, 1.82) is 0 Å². The van der Waals surface area contributed by atoms with Crippen molar-refractivity contribution < 1.29 is 9.50 Å². The molecule has 0 fully saturated rings. The fourth-order valence-corrected chi connectivity index (χ4v) is 1.41. The van der Waals surface area contributed by atoms with Crippen LogP contribution in [-0.2, 0) is 0 Å². The minimum Gasteiger partial charge on any atom is -0.508 e. The maximum absolute atomic E-state index is 12.7. The van der Waals surface area contributed by atoms with Gasteiger partial charge in [0.1, 0.15) is 11.6 Å². The van der Waals surface area contributed by atoms with E-state index in [4.69, 9.17) is 0 Å². The number of hydrogen-bond donors (Lipinski definition) is 2. The molecule has 1 aromatic carbocycles. The molecule has 15 heavy (non-hydrogen) atoms. The van der Waals surface area contributed by atoms with Crippen molar-refractivity contribution in [2.75, 3.05) is 6.54 Å². The highest BCUT2D eigenvalue weighted by Crippen LogP contribution is 2.24. The van der Waals surface area contributed by atoms with Gasteiger partial charge < -0.3 is 10.4 Å². The van der Waals surface area contributed by atoms with Crippen LogP contribution in [0.5, 0.6) is 5.75 Å². The van der Waals surface area contributed by atoms with Crippen molar-refractivity contribution in [2.45, 2.75) is 26.8 Å². The number of nitrogens with one attached hydrogen (secondary N) is 1. The molecule has 0 unspecified atom stereocenters. The molecule has 0 amide bonds. The van der Waals surface area contributed by atoms with Gasteiger partial charge in [-0.15, -0.1) is 0 Å². The van der Waals surface area contributed by atoms with Gasteiger partial charge in [-0.25, -0.2) is 4.39 Å². The normalized spacial score (nSPS) is 13.1. The van der Waals surface area contributed by atoms with Crippen LogP contribution in [0, 0.1) is 11.7 Å². The highest BCUT2D eigenvalue weighted by atomic mass is 19.1. The molecule has 0 aliphatic carbocycles. The van der Waals surface area contributed by atoms with E-state index in [0.29, 0.717) is 5.92 Å². The summed E-state index contributed by atoms with van der Waals surface area (Å²) in [5.41, 5.74) is 0.733. The SMILES string of the molecule is CC(C)CN[C@H](C)c1ccc(F)cc1O. The summed E-state index contributed by atoms with van der Waals surface area (Å²) in [6, 6.07) is 4.15. The van der Waals surface area contributed by atoms with Crippen LogP contribution in [-0.4, -0.2) is 11.7 Å². The molecule has 1 aromatic rings. The quantitative estimate of drug-likeness (QED) is 0.802. The third-order valence-electron chi connectivity index (χ3n) is 2.29. The van der Waals surface area contributed by atoms with Crippen LogP contribution in [0.2, 0.25) is 0 Å². The van der Waals surface area contributed by atoms with Gasteiger partial charge >= 0.3 is 0 Å². The second-order valence-corrected chi connectivity index (χ2v) is 4.23. The van der Waals surface area contributed by atoms with Gasteiger partial charge in [-0.2, -0.15) is 0 Å². The number of phenols is 1. The van der Waals surface area contributed by atoms with E-state index in [0.717, 1.165) is 18.2 Å². The molecule has 0 spiro atoms. The summed E-state index contributed by atoms with van der Waals surface area (Å²) in [4.78, 5) is 0. The molecule has 0 saturated heterocycles. The first-order valence-electron chi connectivity index (χ1n) is 5.22. The molecule has 3 heteroatoms. The van der Waals surface area contributed by atoms with Crippen molar-refractivity contribution in [3.05, 3.63) is 29.6 Å². The Labute approximate surface area is 90.1 Å². The highest BCUT2D eigenvalue weighted by molar-refractivity contribution is 5.34. The third-order valence-corrected chi connectivity index (χ3v) is 2.29. The van der Waals surface area contributed by atoms with E-state index in [-0.39, 0.29) is 11.8 Å². The van der Waals surface area contributed by atoms with Gasteiger partial charge in [0.05, 0.1) is 0 Å². The Morgan fingerprint density at radius 3 is 2.53 bits per heavy atom. The second-order valence-electron chi connectivity index (χ2n) is 4.23. The molecule has 1 atom stereocenters. The van der Waals surface area contributed by atoms with Crippen LogP contribution in [0.3, 0.4) is 0 Å². The topological polar surface area (TPSA) is 32.3 Å². The number of halogens is 1. The Morgan fingerprint density at radius 2 is 2.00 bits per heavy atom. The lowest BCUT2D eigenvalue weighted by atomic mass is 10.1. The summed E-state index contributed by atoms with van der Waals surface area (Å²) in [5, 5.41) is 12.8. The lowest BCUT2D eigenvalue weighted by Crippen LogP contribution is -2.23. The highest BCUT2D eigenvalue weighted by Gasteiger charge is 2.10. The Kier molecular flexibility index (Phi) is 4.09. The summed E-state index contributed by atoms with van der Waals surface area (Å²) < 4.78 is 12.7. The van der Waals surface area contributed by atoms with E-state index < -0.39 is 5.82 Å². The maximum Gasteiger partial charge on any atom is 0.126 e. The smallest absolute Gasteiger partial charge is 0.126 e. The van der Waals surface area contributed by atoms with Crippen LogP contribution < -0.4 is 5.32 Å². The molecule has 0 radical (unpaired) electrons. The number of phenolic OH excluding ortho intramolecular Hbond substituents is 1. The van der Waals surface area contributed by atoms with Gasteiger partial charge in [0.25, 0.3) is 0 Å². The molecule has 2 N–H and O–H groups in total. The lowest BCUT2D eigenvalue weighted by Gasteiger charge is -2.16. The van der Waals surface area contributed by atoms with E-state index in [2.05, 4.69) is 19.2 Å². The number of aromatic hydroxyl groups is 1. The number of benzene rings is 1. The average molecular weight is 211 g/mol. The van der Waals surface area contributed by atoms with Gasteiger partial charge in [0.2, 0.25) is 0 Å². The molecule has 1 rings (SSSR count). The molecule has 0 saturated carbocycles. The van der Waals surface area contributed by atoms with Crippen molar-refractivity contribution in [3.63, 3.8) is 0 Å². The van der Waals surface area contributed by atoms with Crippen LogP contribution >= 0.6 is 0 Å². The van der Waals surface area contributed by atoms with E-state index >= 15 is 0 Å². The fraction of sp³-hybridized carbons (Fsp3) is 0.500. The fourth-order valence-electron chi connectivity index (χ4n) is 1.41. The molecular weight excluding hydrogens is 193 g/mol. The molecular formula is C12H18FNO. The van der Waals surface area contributed by atoms with Crippen molar-refractivity contribution >= 4 is 0 Å². The molecule has 0 heterocycles. The van der Waals surface area contributed by atoms with Gasteiger partial charge in [-0.05, 0) is 25.5 Å². The molecule has 0 bridgehead atoms. The van der Waals surface area contributed by atoms with Gasteiger partial charge in [-0.1, -0.05) is 19.9 Å². The molecule has 0 aliphatic rings. The van der Waals surface area contributed by atoms with Crippen molar-refractivity contribution in [2.24, 2.45) is 5.92 Å². The summed E-state index contributed by atoms with van der Waals surface area (Å²) in [5.74, 6) is 0.154. The summed E-state index contributed by atoms with van der Waals surface area (Å²) >= 11 is 0. The average Bonchev–Trinajstić information content (AvgIpc) is 2.14. The Hall–Kier alpha value is -1.09. The lowest BCUT2D eigenvalue weighted by molar-refractivity contribution is 0.438. The Balaban J connectivity index is 2.69. The number of hydrogen-bond acceptors (Lipinski definition) is 2. The first-order chi connectivity index (χ1) is 7.00. The van der Waals surface area contributed by atoms with Crippen LogP contribution in [0.25, 0.3) is 0 Å². The molecule has 84 valence electrons. The van der Waals surface area contributed by atoms with E-state index in [1.54, 1.807) is 6.07 Å². The molecule has 0 aromatic heterocycles. The van der Waals surface area contributed by atoms with Crippen molar-refractivity contribution in [3.8, 4) is 5.75 Å². The summed E-state index contributed by atoms with van der Waals surface area (Å²) in [6.45, 7) is 7.06. The van der Waals surface area contributed by atoms with E-state index in [9.17, 15) is 9.50 Å². The second kappa shape index (κ2) is 5.12. The first-order valence-corrected chi connectivity index (χ1v) is 5.22. The maximum atomic E-state index is 12.7. The Bertz CT molecular complexity index is 325. The number of rotatable bonds is 4. The first kappa shape index (κ1) is 12.0. The minimum absolute atomic E-state index is 0.0127. The van der Waals surface area contributed by atoms with Crippen LogP contribution in [0.1, 0.15) is 32.4 Å². The molecule has 2 nitrogen and oxygen atoms in total. The predicted molar refractivity (Wildman–Crippen MR) is 59.3 cm³/mol. The summed E-state index contributed by atoms with van der Waals surface area (Å²) in [6.07, 6.45) is 0. The van der Waals surface area contributed by atoms with Crippen molar-refractivity contribution in [1.82, 2.24) is 5.32 Å². The zero-order valence-electron chi connectivity index (χ0n) is 9.42. The van der Waals surface area contributed by atoms with Crippen LogP contribution in [0.4, 0.5) is 4.39 Å². The Morgan fingerprint density at radius 1 is 1.33 bits per heavy atom. The van der Waals surface area contributed by atoms with Crippen LogP contribution in [0.15, 0.2) is 18.2 Å². The standard InChI is InChI=1S/C12H18FNO/c1-8(2)7-14-9(3)11-5-4-10(13)6-12(11)15/h4-6,8-9,14-15H,7H2,1-3H3/t9-/m1/s1. The predicted octanol–water partition coefficient (Wildman–Crippen LogP) is 2.84. The van der Waals surface area contributed by atoms with Gasteiger partial charge in [0.15, 0.2) is 0 Å². The minimum atomic E-state index is -0.410. The van der Waals surface area contributed by atoms with E-state index in [1.165, 1.54) is 6.07 Å².